The molecule has 0 aromatic carbocycles. The summed E-state index contributed by atoms with van der Waals surface area (Å²) in [6.07, 6.45) is 11.9. The molecular weight excluding hydrogens is 228 g/mol. The largest absolute Gasteiger partial charge is 0.0651 e. The van der Waals surface area contributed by atoms with Crippen molar-refractivity contribution >= 4 is 0 Å². The lowest BCUT2D eigenvalue weighted by Crippen LogP contribution is -2.37. The SMILES string of the molecule is CCC1CC2CC(C)CCC2CC1CC(C)(C)CC. The zero-order valence-corrected chi connectivity index (χ0v) is 14.0. The van der Waals surface area contributed by atoms with Crippen molar-refractivity contribution in [3.05, 3.63) is 0 Å². The summed E-state index contributed by atoms with van der Waals surface area (Å²) in [6, 6.07) is 0. The maximum Gasteiger partial charge on any atom is -0.0354 e. The van der Waals surface area contributed by atoms with Gasteiger partial charge in [0.15, 0.2) is 0 Å². The molecule has 0 aliphatic heterocycles. The van der Waals surface area contributed by atoms with Crippen molar-refractivity contribution in [2.45, 2.75) is 86.0 Å². The van der Waals surface area contributed by atoms with Crippen LogP contribution in [0.3, 0.4) is 0 Å². The molecule has 0 radical (unpaired) electrons. The number of fused-ring (bicyclic) bond motifs is 1. The normalized spacial score (nSPS) is 39.9. The molecule has 19 heavy (non-hydrogen) atoms. The van der Waals surface area contributed by atoms with Crippen molar-refractivity contribution in [3.8, 4) is 0 Å². The Kier molecular flexibility index (Phi) is 5.01. The smallest absolute Gasteiger partial charge is 0.0354 e. The van der Waals surface area contributed by atoms with E-state index in [1.165, 1.54) is 38.5 Å². The Labute approximate surface area is 121 Å². The van der Waals surface area contributed by atoms with Gasteiger partial charge in [-0.1, -0.05) is 53.9 Å². The summed E-state index contributed by atoms with van der Waals surface area (Å²) in [5, 5.41) is 0. The monoisotopic (exact) mass is 264 g/mol. The van der Waals surface area contributed by atoms with Crippen LogP contribution in [0.25, 0.3) is 0 Å². The molecule has 2 aliphatic carbocycles. The van der Waals surface area contributed by atoms with E-state index in [2.05, 4.69) is 34.6 Å². The van der Waals surface area contributed by atoms with Crippen molar-refractivity contribution in [2.24, 2.45) is 35.0 Å². The first-order chi connectivity index (χ1) is 8.95. The molecule has 0 amide bonds. The van der Waals surface area contributed by atoms with E-state index in [0.717, 1.165) is 29.6 Å². The van der Waals surface area contributed by atoms with Crippen LogP contribution in [0.5, 0.6) is 0 Å². The highest BCUT2D eigenvalue weighted by molar-refractivity contribution is 4.90. The molecule has 5 unspecified atom stereocenters. The van der Waals surface area contributed by atoms with Gasteiger partial charge in [0, 0.05) is 0 Å². The fourth-order valence-corrected chi connectivity index (χ4v) is 4.93. The van der Waals surface area contributed by atoms with E-state index in [4.69, 9.17) is 0 Å². The van der Waals surface area contributed by atoms with E-state index in [0.29, 0.717) is 5.41 Å². The van der Waals surface area contributed by atoms with Gasteiger partial charge in [-0.3, -0.25) is 0 Å². The van der Waals surface area contributed by atoms with Gasteiger partial charge < -0.3 is 0 Å². The Balaban J connectivity index is 2.00. The van der Waals surface area contributed by atoms with Crippen LogP contribution >= 0.6 is 0 Å². The predicted octanol–water partition coefficient (Wildman–Crippen LogP) is 6.30. The molecule has 0 heteroatoms. The van der Waals surface area contributed by atoms with Gasteiger partial charge in [-0.25, -0.2) is 0 Å². The van der Waals surface area contributed by atoms with Gasteiger partial charge in [0.1, 0.15) is 0 Å². The van der Waals surface area contributed by atoms with Crippen LogP contribution in [-0.4, -0.2) is 0 Å². The lowest BCUT2D eigenvalue weighted by molar-refractivity contribution is 0.0364. The highest BCUT2D eigenvalue weighted by Gasteiger charge is 2.40. The van der Waals surface area contributed by atoms with Crippen molar-refractivity contribution in [2.75, 3.05) is 0 Å². The molecule has 0 N–H and O–H groups in total. The first-order valence-electron chi connectivity index (χ1n) is 8.95. The molecule has 2 rings (SSSR count). The maximum atomic E-state index is 2.48. The predicted molar refractivity (Wildman–Crippen MR) is 85.2 cm³/mol. The van der Waals surface area contributed by atoms with Gasteiger partial charge in [0.05, 0.1) is 0 Å². The average molecular weight is 264 g/mol. The second-order valence-corrected chi connectivity index (χ2v) is 8.56. The second kappa shape index (κ2) is 6.19. The zero-order valence-electron chi connectivity index (χ0n) is 14.0. The summed E-state index contributed by atoms with van der Waals surface area (Å²) in [7, 11) is 0. The van der Waals surface area contributed by atoms with E-state index in [9.17, 15) is 0 Å². The molecule has 5 atom stereocenters. The van der Waals surface area contributed by atoms with Crippen molar-refractivity contribution < 1.29 is 0 Å². The zero-order chi connectivity index (χ0) is 14.0. The molecular formula is C19H36. The van der Waals surface area contributed by atoms with Crippen LogP contribution in [0.1, 0.15) is 86.0 Å². The Morgan fingerprint density at radius 2 is 1.58 bits per heavy atom. The first kappa shape index (κ1) is 15.4. The maximum absolute atomic E-state index is 2.48. The van der Waals surface area contributed by atoms with Crippen LogP contribution in [0, 0.1) is 35.0 Å². The lowest BCUT2D eigenvalue weighted by atomic mass is 9.59. The quantitative estimate of drug-likeness (QED) is 0.559. The third-order valence-electron chi connectivity index (χ3n) is 6.58. The summed E-state index contributed by atoms with van der Waals surface area (Å²) in [6.45, 7) is 12.2. The molecule has 0 aromatic heterocycles. The minimum Gasteiger partial charge on any atom is -0.0651 e. The molecule has 0 nitrogen and oxygen atoms in total. The summed E-state index contributed by atoms with van der Waals surface area (Å²) in [5.74, 6) is 5.21. The van der Waals surface area contributed by atoms with Crippen LogP contribution in [0.15, 0.2) is 0 Å². The van der Waals surface area contributed by atoms with E-state index < -0.39 is 0 Å². The van der Waals surface area contributed by atoms with Crippen molar-refractivity contribution in [3.63, 3.8) is 0 Å². The summed E-state index contributed by atoms with van der Waals surface area (Å²) < 4.78 is 0. The first-order valence-corrected chi connectivity index (χ1v) is 8.95. The third-order valence-corrected chi connectivity index (χ3v) is 6.58. The van der Waals surface area contributed by atoms with Crippen molar-refractivity contribution in [1.29, 1.82) is 0 Å². The van der Waals surface area contributed by atoms with Gasteiger partial charge in [-0.05, 0) is 67.1 Å². The third kappa shape index (κ3) is 3.76. The fourth-order valence-electron chi connectivity index (χ4n) is 4.93. The summed E-state index contributed by atoms with van der Waals surface area (Å²) >= 11 is 0. The molecule has 0 spiro atoms. The van der Waals surface area contributed by atoms with E-state index in [1.807, 2.05) is 0 Å². The Bertz CT molecular complexity index is 278. The minimum absolute atomic E-state index is 0.562. The molecule has 0 bridgehead atoms. The Hall–Kier alpha value is 0. The number of hydrogen-bond donors (Lipinski definition) is 0. The molecule has 112 valence electrons. The molecule has 0 heterocycles. The molecule has 2 saturated carbocycles. The van der Waals surface area contributed by atoms with E-state index in [1.54, 1.807) is 12.8 Å². The van der Waals surface area contributed by atoms with Crippen LogP contribution < -0.4 is 0 Å². The number of hydrogen-bond acceptors (Lipinski definition) is 0. The minimum atomic E-state index is 0.562. The topological polar surface area (TPSA) is 0 Å². The highest BCUT2D eigenvalue weighted by Crippen LogP contribution is 2.50. The molecule has 0 saturated heterocycles. The van der Waals surface area contributed by atoms with Gasteiger partial charge in [0.2, 0.25) is 0 Å². The number of rotatable bonds is 4. The second-order valence-electron chi connectivity index (χ2n) is 8.56. The fraction of sp³-hybridized carbons (Fsp3) is 1.00. The standard InChI is InChI=1S/C19H36/c1-6-15-11-17-10-14(3)8-9-16(17)12-18(15)13-19(4,5)7-2/h14-18H,6-13H2,1-5H3. The average Bonchev–Trinajstić information content (AvgIpc) is 2.38. The molecule has 2 aliphatic rings. The molecule has 0 aromatic rings. The van der Waals surface area contributed by atoms with E-state index in [-0.39, 0.29) is 0 Å². The Morgan fingerprint density at radius 1 is 0.895 bits per heavy atom. The van der Waals surface area contributed by atoms with Gasteiger partial charge in [0.25, 0.3) is 0 Å². The van der Waals surface area contributed by atoms with Crippen LogP contribution in [0.2, 0.25) is 0 Å². The highest BCUT2D eigenvalue weighted by atomic mass is 14.4. The van der Waals surface area contributed by atoms with Crippen LogP contribution in [-0.2, 0) is 0 Å². The summed E-state index contributed by atoms with van der Waals surface area (Å²) in [5.41, 5.74) is 0.562. The Morgan fingerprint density at radius 3 is 2.21 bits per heavy atom. The molecule has 2 fully saturated rings. The van der Waals surface area contributed by atoms with Crippen molar-refractivity contribution in [1.82, 2.24) is 0 Å². The van der Waals surface area contributed by atoms with Gasteiger partial charge >= 0.3 is 0 Å². The van der Waals surface area contributed by atoms with Crippen LogP contribution in [0.4, 0.5) is 0 Å². The van der Waals surface area contributed by atoms with Gasteiger partial charge in [-0.2, -0.15) is 0 Å². The summed E-state index contributed by atoms with van der Waals surface area (Å²) in [4.78, 5) is 0. The lowest BCUT2D eigenvalue weighted by Gasteiger charge is -2.47. The van der Waals surface area contributed by atoms with E-state index >= 15 is 0 Å². The van der Waals surface area contributed by atoms with Gasteiger partial charge in [-0.15, -0.1) is 0 Å².